The molecule has 1 aromatic rings. The number of hydrogen-bond donors (Lipinski definition) is 1. The molecule has 12 heavy (non-hydrogen) atoms. The van der Waals surface area contributed by atoms with Gasteiger partial charge in [0, 0.05) is 24.0 Å². The standard InChI is InChI=1S/C10H10N2/c1-3-8-7-12-6-5-9(8)10(11)4-2/h1,4-7,10H,2,11H2/t10-/m0/s1. The van der Waals surface area contributed by atoms with Crippen LogP contribution < -0.4 is 5.73 Å². The molecule has 2 N–H and O–H groups in total. The summed E-state index contributed by atoms with van der Waals surface area (Å²) < 4.78 is 0. The van der Waals surface area contributed by atoms with Gasteiger partial charge < -0.3 is 5.73 Å². The predicted molar refractivity (Wildman–Crippen MR) is 49.3 cm³/mol. The zero-order valence-electron chi connectivity index (χ0n) is 6.70. The largest absolute Gasteiger partial charge is 0.321 e. The molecule has 0 aliphatic rings. The lowest BCUT2D eigenvalue weighted by Crippen LogP contribution is -2.08. The van der Waals surface area contributed by atoms with Gasteiger partial charge in [0.2, 0.25) is 0 Å². The Morgan fingerprint density at radius 2 is 2.50 bits per heavy atom. The molecule has 2 nitrogen and oxygen atoms in total. The van der Waals surface area contributed by atoms with Crippen LogP contribution in [0.1, 0.15) is 17.2 Å². The van der Waals surface area contributed by atoms with Crippen LogP contribution in [0.4, 0.5) is 0 Å². The highest BCUT2D eigenvalue weighted by atomic mass is 14.7. The third kappa shape index (κ3) is 1.52. The molecule has 1 aromatic heterocycles. The average molecular weight is 158 g/mol. The van der Waals surface area contributed by atoms with Crippen molar-refractivity contribution in [2.24, 2.45) is 5.73 Å². The predicted octanol–water partition coefficient (Wildman–Crippen LogP) is 1.25. The van der Waals surface area contributed by atoms with E-state index in [1.807, 2.05) is 6.07 Å². The minimum Gasteiger partial charge on any atom is -0.321 e. The van der Waals surface area contributed by atoms with E-state index in [0.29, 0.717) is 0 Å². The Balaban J connectivity index is 3.15. The number of nitrogens with zero attached hydrogens (tertiary/aromatic N) is 1. The monoisotopic (exact) mass is 158 g/mol. The second-order valence-electron chi connectivity index (χ2n) is 2.37. The first-order valence-corrected chi connectivity index (χ1v) is 3.58. The smallest absolute Gasteiger partial charge is 0.0492 e. The Hall–Kier alpha value is -1.59. The fraction of sp³-hybridized carbons (Fsp3) is 0.100. The average Bonchev–Trinajstić information content (AvgIpc) is 2.16. The van der Waals surface area contributed by atoms with Crippen LogP contribution in [0, 0.1) is 12.3 Å². The van der Waals surface area contributed by atoms with Gasteiger partial charge in [-0.1, -0.05) is 12.0 Å². The van der Waals surface area contributed by atoms with Crippen LogP contribution in [0.15, 0.2) is 31.1 Å². The summed E-state index contributed by atoms with van der Waals surface area (Å²) in [5.41, 5.74) is 7.35. The molecule has 2 heteroatoms. The molecule has 0 radical (unpaired) electrons. The quantitative estimate of drug-likeness (QED) is 0.519. The summed E-state index contributed by atoms with van der Waals surface area (Å²) in [6.07, 6.45) is 10.2. The molecule has 0 aliphatic heterocycles. The van der Waals surface area contributed by atoms with Crippen LogP contribution in [0.25, 0.3) is 0 Å². The van der Waals surface area contributed by atoms with E-state index in [4.69, 9.17) is 12.2 Å². The maximum absolute atomic E-state index is 5.73. The number of hydrogen-bond acceptors (Lipinski definition) is 2. The van der Waals surface area contributed by atoms with Crippen LogP contribution in [0.5, 0.6) is 0 Å². The molecule has 0 saturated carbocycles. The minimum absolute atomic E-state index is 0.209. The van der Waals surface area contributed by atoms with E-state index in [2.05, 4.69) is 17.5 Å². The van der Waals surface area contributed by atoms with Crippen molar-refractivity contribution >= 4 is 0 Å². The molecule has 0 bridgehead atoms. The topological polar surface area (TPSA) is 38.9 Å². The Bertz CT molecular complexity index is 323. The fourth-order valence-electron chi connectivity index (χ4n) is 0.943. The van der Waals surface area contributed by atoms with Crippen molar-refractivity contribution in [3.05, 3.63) is 42.2 Å². The van der Waals surface area contributed by atoms with E-state index in [-0.39, 0.29) is 6.04 Å². The van der Waals surface area contributed by atoms with Crippen LogP contribution in [0.3, 0.4) is 0 Å². The van der Waals surface area contributed by atoms with E-state index >= 15 is 0 Å². The summed E-state index contributed by atoms with van der Waals surface area (Å²) in [7, 11) is 0. The van der Waals surface area contributed by atoms with Gasteiger partial charge in [-0.3, -0.25) is 4.98 Å². The molecule has 1 atom stereocenters. The first-order valence-electron chi connectivity index (χ1n) is 3.58. The zero-order chi connectivity index (χ0) is 8.97. The third-order valence-corrected chi connectivity index (χ3v) is 1.62. The Kier molecular flexibility index (Phi) is 2.62. The Morgan fingerprint density at radius 3 is 3.08 bits per heavy atom. The van der Waals surface area contributed by atoms with Crippen molar-refractivity contribution in [2.75, 3.05) is 0 Å². The van der Waals surface area contributed by atoms with Crippen LogP contribution >= 0.6 is 0 Å². The second-order valence-corrected chi connectivity index (χ2v) is 2.37. The molecule has 1 heterocycles. The highest BCUT2D eigenvalue weighted by molar-refractivity contribution is 5.40. The molecule has 0 fully saturated rings. The lowest BCUT2D eigenvalue weighted by atomic mass is 10.0. The van der Waals surface area contributed by atoms with Gasteiger partial charge in [-0.15, -0.1) is 13.0 Å². The van der Waals surface area contributed by atoms with Gasteiger partial charge >= 0.3 is 0 Å². The minimum atomic E-state index is -0.209. The van der Waals surface area contributed by atoms with E-state index in [1.54, 1.807) is 18.5 Å². The Labute approximate surface area is 72.1 Å². The van der Waals surface area contributed by atoms with Crippen molar-refractivity contribution in [1.82, 2.24) is 4.98 Å². The van der Waals surface area contributed by atoms with Gasteiger partial charge in [0.15, 0.2) is 0 Å². The second kappa shape index (κ2) is 3.70. The lowest BCUT2D eigenvalue weighted by molar-refractivity contribution is 0.905. The van der Waals surface area contributed by atoms with E-state index in [0.717, 1.165) is 11.1 Å². The van der Waals surface area contributed by atoms with Crippen LogP contribution in [-0.2, 0) is 0 Å². The van der Waals surface area contributed by atoms with E-state index in [9.17, 15) is 0 Å². The molecule has 0 unspecified atom stereocenters. The van der Waals surface area contributed by atoms with Gasteiger partial charge in [0.1, 0.15) is 0 Å². The summed E-state index contributed by atoms with van der Waals surface area (Å²) in [5.74, 6) is 2.52. The molecule has 0 saturated heterocycles. The summed E-state index contributed by atoms with van der Waals surface area (Å²) in [6, 6.07) is 1.60. The SMILES string of the molecule is C#Cc1cnccc1[C@@H](N)C=C. The number of nitrogens with two attached hydrogens (primary N) is 1. The molecular formula is C10H10N2. The summed E-state index contributed by atoms with van der Waals surface area (Å²) in [4.78, 5) is 3.90. The third-order valence-electron chi connectivity index (χ3n) is 1.62. The molecule has 0 amide bonds. The maximum atomic E-state index is 5.73. The summed E-state index contributed by atoms with van der Waals surface area (Å²) in [6.45, 7) is 3.60. The number of pyridine rings is 1. The van der Waals surface area contributed by atoms with Crippen LogP contribution in [0.2, 0.25) is 0 Å². The number of rotatable bonds is 2. The van der Waals surface area contributed by atoms with Gasteiger partial charge in [0.25, 0.3) is 0 Å². The first kappa shape index (κ1) is 8.51. The van der Waals surface area contributed by atoms with Crippen LogP contribution in [-0.4, -0.2) is 4.98 Å². The van der Waals surface area contributed by atoms with Crippen molar-refractivity contribution < 1.29 is 0 Å². The van der Waals surface area contributed by atoms with Crippen molar-refractivity contribution in [3.8, 4) is 12.3 Å². The van der Waals surface area contributed by atoms with Gasteiger partial charge in [-0.05, 0) is 11.6 Å². The molecule has 60 valence electrons. The summed E-state index contributed by atoms with van der Waals surface area (Å²) >= 11 is 0. The number of aromatic nitrogens is 1. The van der Waals surface area contributed by atoms with E-state index < -0.39 is 0 Å². The zero-order valence-corrected chi connectivity index (χ0v) is 6.70. The fourth-order valence-corrected chi connectivity index (χ4v) is 0.943. The van der Waals surface area contributed by atoms with Gasteiger partial charge in [-0.2, -0.15) is 0 Å². The Morgan fingerprint density at radius 1 is 1.75 bits per heavy atom. The molecule has 0 aliphatic carbocycles. The summed E-state index contributed by atoms with van der Waals surface area (Å²) in [5, 5.41) is 0. The first-order chi connectivity index (χ1) is 5.79. The van der Waals surface area contributed by atoms with Gasteiger partial charge in [0.05, 0.1) is 0 Å². The molecular weight excluding hydrogens is 148 g/mol. The van der Waals surface area contributed by atoms with Gasteiger partial charge in [-0.25, -0.2) is 0 Å². The lowest BCUT2D eigenvalue weighted by Gasteiger charge is -2.07. The number of terminal acetylenes is 1. The highest BCUT2D eigenvalue weighted by Gasteiger charge is 2.04. The highest BCUT2D eigenvalue weighted by Crippen LogP contribution is 2.14. The molecule has 1 rings (SSSR count). The molecule has 0 aromatic carbocycles. The van der Waals surface area contributed by atoms with Crippen molar-refractivity contribution in [1.29, 1.82) is 0 Å². The van der Waals surface area contributed by atoms with Crippen molar-refractivity contribution in [3.63, 3.8) is 0 Å². The van der Waals surface area contributed by atoms with Crippen molar-refractivity contribution in [2.45, 2.75) is 6.04 Å². The van der Waals surface area contributed by atoms with E-state index in [1.165, 1.54) is 0 Å². The maximum Gasteiger partial charge on any atom is 0.0492 e. The molecule has 0 spiro atoms. The normalized spacial score (nSPS) is 11.7.